The maximum Gasteiger partial charge on any atom is 0.588 e. The Balaban J connectivity index is 3.15. The molecule has 0 aromatic rings. The van der Waals surface area contributed by atoms with Crippen molar-refractivity contribution in [2.45, 2.75) is 65.7 Å². The monoisotopic (exact) mass is 266 g/mol. The molecule has 2 nitrogen and oxygen atoms in total. The van der Waals surface area contributed by atoms with Crippen LogP contribution in [0.25, 0.3) is 0 Å². The summed E-state index contributed by atoms with van der Waals surface area (Å²) in [6, 6.07) is 0. The number of hydrogen-bond acceptors (Lipinski definition) is 2. The van der Waals surface area contributed by atoms with Gasteiger partial charge in [-0.3, -0.25) is 8.46 Å². The zero-order chi connectivity index (χ0) is 13.2. The minimum absolute atomic E-state index is 0.423. The maximum atomic E-state index is 14.4. The second-order valence-electron chi connectivity index (χ2n) is 7.02. The summed E-state index contributed by atoms with van der Waals surface area (Å²) >= 11 is 0. The van der Waals surface area contributed by atoms with Crippen molar-refractivity contribution in [1.82, 2.24) is 8.46 Å². The Hall–Kier alpha value is 0.214. The standard InChI is InChI=1S/C10H24F2N2Si2/c1-9(2,3)13-15(7,8)14(10(4,5)6)16(13,11)12/h1-8H3. The average molecular weight is 266 g/mol. The third-order valence-corrected chi connectivity index (χ3v) is 13.8. The third kappa shape index (κ3) is 1.89. The first-order chi connectivity index (χ1) is 6.73. The van der Waals surface area contributed by atoms with Gasteiger partial charge in [-0.15, -0.1) is 0 Å². The van der Waals surface area contributed by atoms with Gasteiger partial charge in [-0.05, 0) is 54.6 Å². The molecule has 0 N–H and O–H groups in total. The van der Waals surface area contributed by atoms with Crippen molar-refractivity contribution in [3.8, 4) is 0 Å². The molecule has 1 saturated heterocycles. The van der Waals surface area contributed by atoms with Gasteiger partial charge in [0.1, 0.15) is 0 Å². The van der Waals surface area contributed by atoms with E-state index in [1.54, 1.807) is 8.46 Å². The molecule has 0 aromatic carbocycles. The Morgan fingerprint density at radius 2 is 1.00 bits per heavy atom. The van der Waals surface area contributed by atoms with Crippen LogP contribution < -0.4 is 0 Å². The van der Waals surface area contributed by atoms with Crippen LogP contribution in [0.3, 0.4) is 0 Å². The highest BCUT2D eigenvalue weighted by molar-refractivity contribution is 6.99. The largest absolute Gasteiger partial charge is 0.588 e. The van der Waals surface area contributed by atoms with Gasteiger partial charge >= 0.3 is 9.06 Å². The molecule has 1 fully saturated rings. The van der Waals surface area contributed by atoms with Gasteiger partial charge in [-0.25, -0.2) is 8.22 Å². The lowest BCUT2D eigenvalue weighted by Gasteiger charge is -2.67. The lowest BCUT2D eigenvalue weighted by Crippen LogP contribution is -2.94. The molecule has 0 bridgehead atoms. The van der Waals surface area contributed by atoms with Crippen molar-refractivity contribution in [2.24, 2.45) is 0 Å². The molecule has 1 rings (SSSR count). The van der Waals surface area contributed by atoms with Crippen LogP contribution in [0.2, 0.25) is 13.1 Å². The molecule has 6 heteroatoms. The van der Waals surface area contributed by atoms with E-state index in [9.17, 15) is 8.22 Å². The number of hydrogen-bond donors (Lipinski definition) is 0. The fourth-order valence-corrected chi connectivity index (χ4v) is 14.4. The second-order valence-corrected chi connectivity index (χ2v) is 13.7. The van der Waals surface area contributed by atoms with Crippen LogP contribution in [-0.2, 0) is 0 Å². The minimum atomic E-state index is -4.39. The Kier molecular flexibility index (Phi) is 3.00. The number of nitrogens with zero attached hydrogens (tertiary/aromatic N) is 2. The lowest BCUT2D eigenvalue weighted by molar-refractivity contribution is 0.129. The Bertz CT molecular complexity index is 250. The molecule has 0 aromatic heterocycles. The van der Waals surface area contributed by atoms with Gasteiger partial charge in [0.25, 0.3) is 0 Å². The summed E-state index contributed by atoms with van der Waals surface area (Å²) in [7, 11) is -6.52. The highest BCUT2D eigenvalue weighted by Crippen LogP contribution is 2.48. The van der Waals surface area contributed by atoms with E-state index in [0.29, 0.717) is 0 Å². The summed E-state index contributed by atoms with van der Waals surface area (Å²) in [6.45, 7) is 15.4. The van der Waals surface area contributed by atoms with Crippen molar-refractivity contribution < 1.29 is 8.22 Å². The van der Waals surface area contributed by atoms with Crippen molar-refractivity contribution in [1.29, 1.82) is 0 Å². The van der Waals surface area contributed by atoms with Crippen molar-refractivity contribution in [3.63, 3.8) is 0 Å². The van der Waals surface area contributed by atoms with Gasteiger partial charge in [0.15, 0.2) is 8.40 Å². The van der Waals surface area contributed by atoms with Crippen molar-refractivity contribution in [3.05, 3.63) is 0 Å². The first-order valence-electron chi connectivity index (χ1n) is 5.72. The maximum absolute atomic E-state index is 14.4. The van der Waals surface area contributed by atoms with E-state index >= 15 is 0 Å². The molecular weight excluding hydrogens is 242 g/mol. The van der Waals surface area contributed by atoms with Gasteiger partial charge in [0.05, 0.1) is 0 Å². The Labute approximate surface area is 100 Å². The Morgan fingerprint density at radius 1 is 0.750 bits per heavy atom. The molecule has 0 atom stereocenters. The molecule has 0 amide bonds. The first kappa shape index (κ1) is 14.3. The summed E-state index contributed by atoms with van der Waals surface area (Å²) < 4.78 is 31.9. The molecule has 0 saturated carbocycles. The molecule has 16 heavy (non-hydrogen) atoms. The van der Waals surface area contributed by atoms with Gasteiger partial charge in [0, 0.05) is 11.1 Å². The molecule has 0 spiro atoms. The van der Waals surface area contributed by atoms with Crippen LogP contribution in [-0.4, -0.2) is 37.0 Å². The van der Waals surface area contributed by atoms with Gasteiger partial charge in [-0.1, -0.05) is 0 Å². The van der Waals surface area contributed by atoms with Crippen LogP contribution >= 0.6 is 0 Å². The zero-order valence-corrected chi connectivity index (χ0v) is 13.7. The Morgan fingerprint density at radius 3 is 1.12 bits per heavy atom. The summed E-state index contributed by atoms with van der Waals surface area (Å²) in [6.07, 6.45) is 0. The van der Waals surface area contributed by atoms with Gasteiger partial charge < -0.3 is 0 Å². The molecular formula is C10H24F2N2Si2. The highest BCUT2D eigenvalue weighted by atomic mass is 28.5. The van der Waals surface area contributed by atoms with Crippen molar-refractivity contribution >= 4 is 17.5 Å². The number of rotatable bonds is 0. The number of halogens is 2. The van der Waals surface area contributed by atoms with E-state index in [-0.39, 0.29) is 0 Å². The molecule has 1 aliphatic rings. The highest BCUT2D eigenvalue weighted by Gasteiger charge is 2.76. The molecule has 1 heterocycles. The zero-order valence-electron chi connectivity index (χ0n) is 11.7. The predicted octanol–water partition coefficient (Wildman–Crippen LogP) is 3.28. The summed E-state index contributed by atoms with van der Waals surface area (Å²) in [5.74, 6) is 0. The third-order valence-electron chi connectivity index (χ3n) is 2.97. The summed E-state index contributed by atoms with van der Waals surface area (Å²) in [4.78, 5) is 0. The van der Waals surface area contributed by atoms with Crippen molar-refractivity contribution in [2.75, 3.05) is 0 Å². The van der Waals surface area contributed by atoms with E-state index in [1.165, 1.54) is 0 Å². The van der Waals surface area contributed by atoms with Crippen LogP contribution in [0.4, 0.5) is 8.22 Å². The molecule has 1 aliphatic heterocycles. The fourth-order valence-electron chi connectivity index (χ4n) is 3.26. The quantitative estimate of drug-likeness (QED) is 0.490. The minimum Gasteiger partial charge on any atom is -0.265 e. The van der Waals surface area contributed by atoms with E-state index in [1.807, 2.05) is 54.6 Å². The van der Waals surface area contributed by atoms with Crippen LogP contribution in [0.15, 0.2) is 0 Å². The van der Waals surface area contributed by atoms with E-state index in [4.69, 9.17) is 0 Å². The summed E-state index contributed by atoms with van der Waals surface area (Å²) in [5.41, 5.74) is -0.847. The summed E-state index contributed by atoms with van der Waals surface area (Å²) in [5, 5.41) is 0. The van der Waals surface area contributed by atoms with Gasteiger partial charge in [0.2, 0.25) is 0 Å². The van der Waals surface area contributed by atoms with E-state index in [2.05, 4.69) is 0 Å². The molecule has 0 radical (unpaired) electrons. The topological polar surface area (TPSA) is 6.48 Å². The van der Waals surface area contributed by atoms with Crippen LogP contribution in [0.1, 0.15) is 41.5 Å². The van der Waals surface area contributed by atoms with Crippen LogP contribution in [0.5, 0.6) is 0 Å². The molecule has 0 unspecified atom stereocenters. The first-order valence-corrected chi connectivity index (χ1v) is 10.3. The second kappa shape index (κ2) is 3.37. The SMILES string of the molecule is CC(C)(C)N1[Si](C)(C)N(C(C)(C)C)[Si]1(F)F. The van der Waals surface area contributed by atoms with E-state index in [0.717, 1.165) is 0 Å². The molecule has 0 aliphatic carbocycles. The average Bonchev–Trinajstić information content (AvgIpc) is 1.69. The smallest absolute Gasteiger partial charge is 0.265 e. The van der Waals surface area contributed by atoms with E-state index < -0.39 is 28.5 Å². The fraction of sp³-hybridized carbons (Fsp3) is 1.00. The molecule has 96 valence electrons. The van der Waals surface area contributed by atoms with Gasteiger partial charge in [-0.2, -0.15) is 0 Å². The normalized spacial score (nSPS) is 26.6. The lowest BCUT2D eigenvalue weighted by atomic mass is 10.1. The van der Waals surface area contributed by atoms with Crippen LogP contribution in [0, 0.1) is 0 Å². The predicted molar refractivity (Wildman–Crippen MR) is 68.6 cm³/mol.